The van der Waals surface area contributed by atoms with Gasteiger partial charge in [0.05, 0.1) is 26.4 Å². The number of aliphatic hydroxyl groups excluding tert-OH is 1. The fraction of sp³-hybridized carbons (Fsp3) is 0.880. The van der Waals surface area contributed by atoms with Crippen LogP contribution in [0, 0.1) is 0 Å². The summed E-state index contributed by atoms with van der Waals surface area (Å²) in [7, 11) is -9.94. The van der Waals surface area contributed by atoms with Gasteiger partial charge < -0.3 is 33.8 Å². The number of carbonyl (C=O) groups is 4. The van der Waals surface area contributed by atoms with Crippen LogP contribution in [0.4, 0.5) is 0 Å². The highest BCUT2D eigenvalue weighted by atomic mass is 31.2. The lowest BCUT2D eigenvalue weighted by atomic mass is 10.0. The molecule has 0 saturated heterocycles. The first-order valence-corrected chi connectivity index (χ1v) is 45.2. The number of unbranched alkanes of at least 4 members (excludes halogenated alkanes) is 49. The lowest BCUT2D eigenvalue weighted by Crippen LogP contribution is -2.30. The minimum atomic E-state index is -4.97. The largest absolute Gasteiger partial charge is 0.472 e. The maximum atomic E-state index is 13.1. The van der Waals surface area contributed by atoms with E-state index in [2.05, 4.69) is 64.2 Å². The number of allylic oxidation sites excluding steroid dienone is 6. The number of phosphoric ester groups is 2. The summed E-state index contributed by atoms with van der Waals surface area (Å²) in [4.78, 5) is 73.1. The third kappa shape index (κ3) is 75.5. The number of esters is 4. The Kier molecular flexibility index (Phi) is 74.4. The van der Waals surface area contributed by atoms with Gasteiger partial charge in [0.15, 0.2) is 12.2 Å². The SMILES string of the molecule is CCCCC/C=C\C/C=C\CCCCCCCC(=O)OC[C@H](COP(=O)(O)OC[C@@H](O)COP(=O)(O)OC[C@@H](COC(=O)CCCCCCCCCCCCCCCCC)OC(=O)CCCCCCCCCCCCCCCCCCC)OC(=O)CCCCCCC/C=C\CCCCCCCC. The Hall–Kier alpha value is -2.72. The highest BCUT2D eigenvalue weighted by molar-refractivity contribution is 7.47. The van der Waals surface area contributed by atoms with Crippen LogP contribution in [0.3, 0.4) is 0 Å². The van der Waals surface area contributed by atoms with Crippen LogP contribution in [-0.2, 0) is 65.4 Å². The molecule has 0 heterocycles. The minimum Gasteiger partial charge on any atom is -0.462 e. The zero-order chi connectivity index (χ0) is 74.6. The highest BCUT2D eigenvalue weighted by Crippen LogP contribution is 2.45. The predicted molar refractivity (Wildman–Crippen MR) is 418 cm³/mol. The molecule has 0 amide bonds. The first kappa shape index (κ1) is 99.3. The van der Waals surface area contributed by atoms with Gasteiger partial charge in [-0.15, -0.1) is 0 Å². The summed E-state index contributed by atoms with van der Waals surface area (Å²) in [5.74, 6) is -2.15. The molecule has 0 bridgehead atoms. The first-order valence-electron chi connectivity index (χ1n) is 42.2. The Bertz CT molecular complexity index is 2070. The van der Waals surface area contributed by atoms with Gasteiger partial charge in [0.25, 0.3) is 0 Å². The first-order chi connectivity index (χ1) is 49.7. The maximum Gasteiger partial charge on any atom is 0.472 e. The fourth-order valence-electron chi connectivity index (χ4n) is 12.1. The third-order valence-electron chi connectivity index (χ3n) is 18.6. The van der Waals surface area contributed by atoms with Crippen molar-refractivity contribution in [3.05, 3.63) is 36.5 Å². The molecule has 0 rings (SSSR count). The van der Waals surface area contributed by atoms with Gasteiger partial charge in [-0.25, -0.2) is 9.13 Å². The van der Waals surface area contributed by atoms with Crippen molar-refractivity contribution in [1.82, 2.24) is 0 Å². The highest BCUT2D eigenvalue weighted by Gasteiger charge is 2.30. The number of aliphatic hydroxyl groups is 1. The predicted octanol–water partition coefficient (Wildman–Crippen LogP) is 24.7. The number of ether oxygens (including phenoxy) is 4. The van der Waals surface area contributed by atoms with E-state index in [0.717, 1.165) is 128 Å². The van der Waals surface area contributed by atoms with Crippen LogP contribution in [0.25, 0.3) is 0 Å². The summed E-state index contributed by atoms with van der Waals surface area (Å²) in [5, 5.41) is 10.7. The number of phosphoric acid groups is 2. The fourth-order valence-corrected chi connectivity index (χ4v) is 13.7. The Morgan fingerprint density at radius 2 is 0.480 bits per heavy atom. The molecule has 102 heavy (non-hydrogen) atoms. The molecule has 0 spiro atoms. The van der Waals surface area contributed by atoms with Gasteiger partial charge in [-0.2, -0.15) is 0 Å². The molecule has 0 aliphatic rings. The van der Waals surface area contributed by atoms with Gasteiger partial charge in [0.1, 0.15) is 19.3 Å². The number of hydrogen-bond acceptors (Lipinski definition) is 15. The van der Waals surface area contributed by atoms with Crippen LogP contribution in [0.15, 0.2) is 36.5 Å². The van der Waals surface area contributed by atoms with Crippen molar-refractivity contribution in [2.75, 3.05) is 39.6 Å². The topological polar surface area (TPSA) is 237 Å². The molecule has 0 aromatic rings. The summed E-state index contributed by atoms with van der Waals surface area (Å²) in [5.41, 5.74) is 0. The average molecular weight is 1490 g/mol. The Labute approximate surface area is 624 Å². The van der Waals surface area contributed by atoms with Gasteiger partial charge in [-0.05, 0) is 83.5 Å². The summed E-state index contributed by atoms with van der Waals surface area (Å²) >= 11 is 0. The van der Waals surface area contributed by atoms with Crippen LogP contribution < -0.4 is 0 Å². The molecule has 0 aromatic carbocycles. The van der Waals surface area contributed by atoms with E-state index in [1.54, 1.807) is 0 Å². The average Bonchev–Trinajstić information content (AvgIpc) is 0.922. The standard InChI is InChI=1S/C83H156O17P2/c1-5-9-13-17-21-25-29-33-37-38-42-46-50-54-58-62-66-70-83(88)100-79(74-94-81(86)68-64-60-56-52-48-44-40-35-31-27-23-19-15-11-7-3)76-98-102(91,92)96-72-77(84)71-95-101(89,90)97-75-78(99-82(87)69-65-61-57-53-49-45-41-36-32-28-24-20-16-12-8-4)73-93-80(85)67-63-59-55-51-47-43-39-34-30-26-22-18-14-10-6-2/h22,26,34,36,39,41,77-79,84H,5-21,23-25,27-33,35,37-38,40,42-76H2,1-4H3,(H,89,90)(H,91,92)/b26-22-,39-34-,41-36-/t77-,78-,79-/m1/s1. The normalized spacial score (nSPS) is 14.0. The number of carbonyl (C=O) groups excluding carboxylic acids is 4. The van der Waals surface area contributed by atoms with E-state index in [-0.39, 0.29) is 25.7 Å². The van der Waals surface area contributed by atoms with Crippen molar-refractivity contribution in [2.45, 2.75) is 431 Å². The Morgan fingerprint density at radius 3 is 0.755 bits per heavy atom. The van der Waals surface area contributed by atoms with E-state index in [9.17, 15) is 43.2 Å². The molecule has 0 radical (unpaired) electrons. The van der Waals surface area contributed by atoms with Crippen molar-refractivity contribution in [3.63, 3.8) is 0 Å². The molecule has 19 heteroatoms. The van der Waals surface area contributed by atoms with Crippen molar-refractivity contribution in [2.24, 2.45) is 0 Å². The van der Waals surface area contributed by atoms with Crippen LogP contribution in [0.5, 0.6) is 0 Å². The van der Waals surface area contributed by atoms with Gasteiger partial charge in [-0.3, -0.25) is 37.3 Å². The third-order valence-corrected chi connectivity index (χ3v) is 20.5. The summed E-state index contributed by atoms with van der Waals surface area (Å²) in [6.07, 6.45) is 73.9. The van der Waals surface area contributed by atoms with Crippen molar-refractivity contribution < 1.29 is 80.2 Å². The van der Waals surface area contributed by atoms with Crippen LogP contribution in [-0.4, -0.2) is 96.7 Å². The van der Waals surface area contributed by atoms with Crippen LogP contribution in [0.2, 0.25) is 0 Å². The second kappa shape index (κ2) is 76.5. The molecular weight excluding hydrogens is 1330 g/mol. The van der Waals surface area contributed by atoms with E-state index in [1.807, 2.05) is 0 Å². The molecule has 0 aliphatic heterocycles. The van der Waals surface area contributed by atoms with Gasteiger partial charge in [0.2, 0.25) is 0 Å². The molecule has 0 fully saturated rings. The number of rotatable bonds is 81. The van der Waals surface area contributed by atoms with E-state index in [4.69, 9.17) is 37.0 Å². The number of hydrogen-bond donors (Lipinski definition) is 3. The van der Waals surface area contributed by atoms with Crippen LogP contribution >= 0.6 is 15.6 Å². The van der Waals surface area contributed by atoms with E-state index in [1.165, 1.54) is 205 Å². The minimum absolute atomic E-state index is 0.0883. The smallest absolute Gasteiger partial charge is 0.462 e. The van der Waals surface area contributed by atoms with Crippen molar-refractivity contribution >= 4 is 39.5 Å². The monoisotopic (exact) mass is 1490 g/mol. The van der Waals surface area contributed by atoms with E-state index < -0.39 is 97.5 Å². The maximum absolute atomic E-state index is 13.1. The van der Waals surface area contributed by atoms with Gasteiger partial charge in [-0.1, -0.05) is 340 Å². The Balaban J connectivity index is 5.32. The summed E-state index contributed by atoms with van der Waals surface area (Å²) in [6, 6.07) is 0. The summed E-state index contributed by atoms with van der Waals surface area (Å²) < 4.78 is 68.8. The molecule has 0 saturated carbocycles. The van der Waals surface area contributed by atoms with Gasteiger partial charge >= 0.3 is 39.5 Å². The quantitative estimate of drug-likeness (QED) is 0.0169. The lowest BCUT2D eigenvalue weighted by molar-refractivity contribution is -0.161. The Morgan fingerprint density at radius 1 is 0.275 bits per heavy atom. The second-order valence-corrected chi connectivity index (χ2v) is 31.7. The molecule has 0 aliphatic carbocycles. The molecule has 3 N–H and O–H groups in total. The zero-order valence-electron chi connectivity index (χ0n) is 65.8. The molecular formula is C83H156O17P2. The zero-order valence-corrected chi connectivity index (χ0v) is 67.6. The molecule has 600 valence electrons. The van der Waals surface area contributed by atoms with Crippen LogP contribution in [0.1, 0.15) is 413 Å². The molecule has 5 atom stereocenters. The van der Waals surface area contributed by atoms with E-state index >= 15 is 0 Å². The molecule has 2 unspecified atom stereocenters. The second-order valence-electron chi connectivity index (χ2n) is 28.8. The van der Waals surface area contributed by atoms with Crippen molar-refractivity contribution in [1.29, 1.82) is 0 Å². The van der Waals surface area contributed by atoms with Gasteiger partial charge in [0, 0.05) is 25.7 Å². The van der Waals surface area contributed by atoms with E-state index in [0.29, 0.717) is 25.7 Å². The van der Waals surface area contributed by atoms with Crippen molar-refractivity contribution in [3.8, 4) is 0 Å². The lowest BCUT2D eigenvalue weighted by Gasteiger charge is -2.21. The summed E-state index contributed by atoms with van der Waals surface area (Å²) in [6.45, 7) is 4.95. The molecule has 0 aromatic heterocycles. The molecule has 17 nitrogen and oxygen atoms in total.